The molecule has 0 fully saturated rings. The topological polar surface area (TPSA) is 36.3 Å². The molecule has 154 valence electrons. The van der Waals surface area contributed by atoms with Crippen LogP contribution in [0.1, 0.15) is 30.3 Å². The Hall–Kier alpha value is -3.27. The average molecular weight is 401 g/mol. The van der Waals surface area contributed by atoms with Crippen LogP contribution in [-0.2, 0) is 19.6 Å². The molecular formula is C26H28N2O2. The van der Waals surface area contributed by atoms with Gasteiger partial charge in [0.05, 0.1) is 17.6 Å². The molecule has 3 aromatic carbocycles. The minimum atomic E-state index is 0.443. The minimum absolute atomic E-state index is 0.443. The SMILES string of the molecule is CCc1ccc(OCc2nc3ccccc3n2CCCOc2ccccc2C)cc1. The third-order valence-corrected chi connectivity index (χ3v) is 5.31. The number of para-hydroxylation sites is 3. The summed E-state index contributed by atoms with van der Waals surface area (Å²) in [6, 6.07) is 24.7. The first-order valence-electron chi connectivity index (χ1n) is 10.6. The first-order chi connectivity index (χ1) is 14.7. The summed E-state index contributed by atoms with van der Waals surface area (Å²) in [7, 11) is 0. The minimum Gasteiger partial charge on any atom is -0.493 e. The van der Waals surface area contributed by atoms with Crippen LogP contribution in [0.25, 0.3) is 11.0 Å². The zero-order valence-electron chi connectivity index (χ0n) is 17.7. The smallest absolute Gasteiger partial charge is 0.147 e. The third kappa shape index (κ3) is 4.65. The molecule has 0 unspecified atom stereocenters. The predicted octanol–water partition coefficient (Wildman–Crippen LogP) is 5.96. The van der Waals surface area contributed by atoms with Crippen molar-refractivity contribution in [2.45, 2.75) is 39.8 Å². The van der Waals surface area contributed by atoms with Crippen LogP contribution in [0.2, 0.25) is 0 Å². The van der Waals surface area contributed by atoms with Crippen LogP contribution in [0.5, 0.6) is 11.5 Å². The molecule has 4 nitrogen and oxygen atoms in total. The van der Waals surface area contributed by atoms with Gasteiger partial charge >= 0.3 is 0 Å². The largest absolute Gasteiger partial charge is 0.493 e. The highest BCUT2D eigenvalue weighted by Crippen LogP contribution is 2.20. The highest BCUT2D eigenvalue weighted by atomic mass is 16.5. The van der Waals surface area contributed by atoms with Crippen molar-refractivity contribution >= 4 is 11.0 Å². The lowest BCUT2D eigenvalue weighted by atomic mass is 10.2. The molecule has 0 aliphatic heterocycles. The Kier molecular flexibility index (Phi) is 6.33. The summed E-state index contributed by atoms with van der Waals surface area (Å²) >= 11 is 0. The molecule has 4 aromatic rings. The van der Waals surface area contributed by atoms with Crippen molar-refractivity contribution in [3.8, 4) is 11.5 Å². The summed E-state index contributed by atoms with van der Waals surface area (Å²) in [5.41, 5.74) is 4.60. The lowest BCUT2D eigenvalue weighted by Crippen LogP contribution is -2.10. The second-order valence-electron chi connectivity index (χ2n) is 7.42. The fourth-order valence-electron chi connectivity index (χ4n) is 3.58. The summed E-state index contributed by atoms with van der Waals surface area (Å²) in [4.78, 5) is 4.81. The highest BCUT2D eigenvalue weighted by Gasteiger charge is 2.11. The van der Waals surface area contributed by atoms with E-state index >= 15 is 0 Å². The van der Waals surface area contributed by atoms with Crippen LogP contribution in [0.4, 0.5) is 0 Å². The molecule has 0 N–H and O–H groups in total. The van der Waals surface area contributed by atoms with Gasteiger partial charge in [-0.3, -0.25) is 0 Å². The number of benzene rings is 3. The molecule has 1 heterocycles. The van der Waals surface area contributed by atoms with Crippen molar-refractivity contribution < 1.29 is 9.47 Å². The molecule has 0 saturated heterocycles. The van der Waals surface area contributed by atoms with Crippen molar-refractivity contribution in [1.82, 2.24) is 9.55 Å². The van der Waals surface area contributed by atoms with Gasteiger partial charge in [0, 0.05) is 6.54 Å². The molecule has 0 radical (unpaired) electrons. The third-order valence-electron chi connectivity index (χ3n) is 5.31. The summed E-state index contributed by atoms with van der Waals surface area (Å²) in [6.07, 6.45) is 1.92. The molecule has 0 saturated carbocycles. The Morgan fingerprint density at radius 1 is 0.867 bits per heavy atom. The lowest BCUT2D eigenvalue weighted by molar-refractivity contribution is 0.280. The van der Waals surface area contributed by atoms with E-state index in [1.807, 2.05) is 36.4 Å². The van der Waals surface area contributed by atoms with E-state index < -0.39 is 0 Å². The van der Waals surface area contributed by atoms with E-state index in [4.69, 9.17) is 14.5 Å². The zero-order chi connectivity index (χ0) is 20.8. The van der Waals surface area contributed by atoms with Gasteiger partial charge in [-0.1, -0.05) is 49.4 Å². The molecular weight excluding hydrogens is 372 g/mol. The van der Waals surface area contributed by atoms with Crippen molar-refractivity contribution in [3.63, 3.8) is 0 Å². The number of hydrogen-bond acceptors (Lipinski definition) is 3. The molecule has 0 amide bonds. The van der Waals surface area contributed by atoms with Gasteiger partial charge in [0.1, 0.15) is 23.9 Å². The number of nitrogens with zero attached hydrogens (tertiary/aromatic N) is 2. The lowest BCUT2D eigenvalue weighted by Gasteiger charge is -2.12. The van der Waals surface area contributed by atoms with Crippen molar-refractivity contribution in [2.24, 2.45) is 0 Å². The van der Waals surface area contributed by atoms with Crippen LogP contribution < -0.4 is 9.47 Å². The molecule has 0 bridgehead atoms. The number of rotatable bonds is 9. The van der Waals surface area contributed by atoms with E-state index in [1.165, 1.54) is 5.56 Å². The van der Waals surface area contributed by atoms with Gasteiger partial charge in [-0.05, 0) is 61.2 Å². The molecule has 4 rings (SSSR count). The summed E-state index contributed by atoms with van der Waals surface area (Å²) in [6.45, 7) is 6.16. The maximum Gasteiger partial charge on any atom is 0.147 e. The Morgan fingerprint density at radius 2 is 1.63 bits per heavy atom. The van der Waals surface area contributed by atoms with Crippen molar-refractivity contribution in [2.75, 3.05) is 6.61 Å². The number of aromatic nitrogens is 2. The second-order valence-corrected chi connectivity index (χ2v) is 7.42. The molecule has 30 heavy (non-hydrogen) atoms. The number of hydrogen-bond donors (Lipinski definition) is 0. The van der Waals surface area contributed by atoms with Crippen molar-refractivity contribution in [3.05, 3.63) is 89.7 Å². The molecule has 0 spiro atoms. The van der Waals surface area contributed by atoms with E-state index in [0.717, 1.165) is 53.3 Å². The number of fused-ring (bicyclic) bond motifs is 1. The molecule has 1 aromatic heterocycles. The molecule has 4 heteroatoms. The number of ether oxygens (including phenoxy) is 2. The van der Waals surface area contributed by atoms with Gasteiger partial charge in [0.25, 0.3) is 0 Å². The summed E-state index contributed by atoms with van der Waals surface area (Å²) in [5.74, 6) is 2.76. The van der Waals surface area contributed by atoms with E-state index in [2.05, 4.69) is 54.8 Å². The Balaban J connectivity index is 1.43. The van der Waals surface area contributed by atoms with Crippen LogP contribution in [0.15, 0.2) is 72.8 Å². The Bertz CT molecular complexity index is 1100. The van der Waals surface area contributed by atoms with Crippen LogP contribution in [0.3, 0.4) is 0 Å². The first-order valence-corrected chi connectivity index (χ1v) is 10.6. The van der Waals surface area contributed by atoms with E-state index in [1.54, 1.807) is 0 Å². The number of aryl methyl sites for hydroxylation is 3. The maximum absolute atomic E-state index is 6.04. The van der Waals surface area contributed by atoms with Gasteiger partial charge < -0.3 is 14.0 Å². The molecule has 0 aliphatic rings. The summed E-state index contributed by atoms with van der Waals surface area (Å²) < 4.78 is 14.3. The zero-order valence-corrected chi connectivity index (χ0v) is 17.7. The molecule has 0 aliphatic carbocycles. The average Bonchev–Trinajstić information content (AvgIpc) is 3.14. The van der Waals surface area contributed by atoms with Gasteiger partial charge in [0.15, 0.2) is 0 Å². The highest BCUT2D eigenvalue weighted by molar-refractivity contribution is 5.75. The van der Waals surface area contributed by atoms with Gasteiger partial charge in [-0.2, -0.15) is 0 Å². The Morgan fingerprint density at radius 3 is 2.43 bits per heavy atom. The van der Waals surface area contributed by atoms with Gasteiger partial charge in [0.2, 0.25) is 0 Å². The van der Waals surface area contributed by atoms with Crippen LogP contribution in [0, 0.1) is 6.92 Å². The van der Waals surface area contributed by atoms with Crippen LogP contribution >= 0.6 is 0 Å². The predicted molar refractivity (Wildman–Crippen MR) is 121 cm³/mol. The fourth-order valence-corrected chi connectivity index (χ4v) is 3.58. The maximum atomic E-state index is 6.04. The van der Waals surface area contributed by atoms with Crippen molar-refractivity contribution in [1.29, 1.82) is 0 Å². The van der Waals surface area contributed by atoms with E-state index in [0.29, 0.717) is 13.2 Å². The van der Waals surface area contributed by atoms with Gasteiger partial charge in [-0.25, -0.2) is 4.98 Å². The Labute approximate surface area is 178 Å². The second kappa shape index (κ2) is 9.49. The summed E-state index contributed by atoms with van der Waals surface area (Å²) in [5, 5.41) is 0. The van der Waals surface area contributed by atoms with Gasteiger partial charge in [-0.15, -0.1) is 0 Å². The standard InChI is InChI=1S/C26H28N2O2/c1-3-21-13-15-22(16-14-21)30-19-26-27-23-10-5-6-11-24(23)28(26)17-8-18-29-25-12-7-4-9-20(25)2/h4-7,9-16H,3,8,17-19H2,1-2H3. The quantitative estimate of drug-likeness (QED) is 0.326. The molecule has 0 atom stereocenters. The van der Waals surface area contributed by atoms with Crippen LogP contribution in [-0.4, -0.2) is 16.2 Å². The van der Waals surface area contributed by atoms with E-state index in [-0.39, 0.29) is 0 Å². The monoisotopic (exact) mass is 400 g/mol. The normalized spacial score (nSPS) is 11.0. The number of imidazole rings is 1. The first kappa shape index (κ1) is 20.0. The fraction of sp³-hybridized carbons (Fsp3) is 0.269. The van der Waals surface area contributed by atoms with E-state index in [9.17, 15) is 0 Å².